The van der Waals surface area contributed by atoms with E-state index in [9.17, 15) is 9.18 Å². The lowest BCUT2D eigenvalue weighted by Gasteiger charge is -2.32. The minimum absolute atomic E-state index is 0.0694. The lowest BCUT2D eigenvalue weighted by Crippen LogP contribution is -2.50. The number of rotatable bonds is 6. The van der Waals surface area contributed by atoms with Crippen LogP contribution < -0.4 is 16.4 Å². The molecule has 1 aliphatic heterocycles. The van der Waals surface area contributed by atoms with Crippen LogP contribution in [0.2, 0.25) is 5.02 Å². The number of nitrogens with one attached hydrogen (secondary N) is 2. The number of piperidine rings is 1. The SMILES string of the molecule is CCN=C(NC1CCN(CC(N)=O)CC1)NC1CC1c1c(F)cccc1Cl. The molecule has 0 spiro atoms. The molecule has 1 aromatic carbocycles. The number of guanidine groups is 1. The molecule has 8 heteroatoms. The second kappa shape index (κ2) is 8.89. The van der Waals surface area contributed by atoms with E-state index in [-0.39, 0.29) is 23.7 Å². The Morgan fingerprint density at radius 2 is 2.11 bits per heavy atom. The summed E-state index contributed by atoms with van der Waals surface area (Å²) < 4.78 is 14.1. The number of benzene rings is 1. The van der Waals surface area contributed by atoms with Crippen molar-refractivity contribution in [2.45, 2.75) is 44.2 Å². The summed E-state index contributed by atoms with van der Waals surface area (Å²) in [5.41, 5.74) is 5.85. The molecule has 148 valence electrons. The average molecular weight is 396 g/mol. The van der Waals surface area contributed by atoms with Crippen molar-refractivity contribution in [3.63, 3.8) is 0 Å². The highest BCUT2D eigenvalue weighted by atomic mass is 35.5. The number of nitrogens with two attached hydrogens (primary N) is 1. The highest BCUT2D eigenvalue weighted by Crippen LogP contribution is 2.44. The van der Waals surface area contributed by atoms with Gasteiger partial charge >= 0.3 is 0 Å². The fourth-order valence-corrected chi connectivity index (χ4v) is 3.96. The van der Waals surface area contributed by atoms with E-state index >= 15 is 0 Å². The molecule has 4 N–H and O–H groups in total. The number of aliphatic imine (C=N–C) groups is 1. The van der Waals surface area contributed by atoms with Crippen molar-refractivity contribution in [1.82, 2.24) is 15.5 Å². The van der Waals surface area contributed by atoms with Crippen LogP contribution >= 0.6 is 11.6 Å². The van der Waals surface area contributed by atoms with Crippen molar-refractivity contribution < 1.29 is 9.18 Å². The molecule has 2 atom stereocenters. The summed E-state index contributed by atoms with van der Waals surface area (Å²) in [6.45, 7) is 4.62. The molecule has 1 saturated heterocycles. The summed E-state index contributed by atoms with van der Waals surface area (Å²) in [4.78, 5) is 17.6. The number of hydrogen-bond donors (Lipinski definition) is 3. The summed E-state index contributed by atoms with van der Waals surface area (Å²) in [5.74, 6) is 0.286. The third-order valence-electron chi connectivity index (χ3n) is 5.11. The monoisotopic (exact) mass is 395 g/mol. The van der Waals surface area contributed by atoms with Crippen molar-refractivity contribution in [2.24, 2.45) is 10.7 Å². The summed E-state index contributed by atoms with van der Waals surface area (Å²) in [6, 6.07) is 5.24. The van der Waals surface area contributed by atoms with Crippen molar-refractivity contribution in [3.8, 4) is 0 Å². The molecule has 6 nitrogen and oxygen atoms in total. The third-order valence-corrected chi connectivity index (χ3v) is 5.44. The molecule has 2 aliphatic rings. The van der Waals surface area contributed by atoms with Crippen LogP contribution in [0.25, 0.3) is 0 Å². The van der Waals surface area contributed by atoms with Crippen LogP contribution in [-0.2, 0) is 4.79 Å². The van der Waals surface area contributed by atoms with Gasteiger partial charge in [0, 0.05) is 48.2 Å². The first-order valence-corrected chi connectivity index (χ1v) is 9.87. The topological polar surface area (TPSA) is 82.8 Å². The third kappa shape index (κ3) is 5.32. The summed E-state index contributed by atoms with van der Waals surface area (Å²) in [5, 5.41) is 7.36. The summed E-state index contributed by atoms with van der Waals surface area (Å²) >= 11 is 6.18. The Bertz CT molecular complexity index is 685. The van der Waals surface area contributed by atoms with Crippen LogP contribution in [0.5, 0.6) is 0 Å². The molecule has 1 aliphatic carbocycles. The van der Waals surface area contributed by atoms with Crippen molar-refractivity contribution in [1.29, 1.82) is 0 Å². The van der Waals surface area contributed by atoms with E-state index < -0.39 is 0 Å². The molecule has 1 heterocycles. The first kappa shape index (κ1) is 19.9. The van der Waals surface area contributed by atoms with Gasteiger partial charge < -0.3 is 16.4 Å². The van der Waals surface area contributed by atoms with Gasteiger partial charge in [-0.25, -0.2) is 4.39 Å². The van der Waals surface area contributed by atoms with Crippen LogP contribution in [0.4, 0.5) is 4.39 Å². The lowest BCUT2D eigenvalue weighted by atomic mass is 10.1. The zero-order valence-electron chi connectivity index (χ0n) is 15.5. The van der Waals surface area contributed by atoms with E-state index in [1.807, 2.05) is 6.92 Å². The van der Waals surface area contributed by atoms with E-state index in [1.54, 1.807) is 12.1 Å². The Labute approximate surface area is 164 Å². The van der Waals surface area contributed by atoms with Gasteiger partial charge in [-0.3, -0.25) is 14.7 Å². The number of amides is 1. The minimum atomic E-state index is -0.289. The Balaban J connectivity index is 1.53. The highest BCUT2D eigenvalue weighted by Gasteiger charge is 2.42. The number of primary amides is 1. The Hall–Kier alpha value is -1.86. The van der Waals surface area contributed by atoms with Gasteiger partial charge in [-0.15, -0.1) is 0 Å². The molecule has 2 fully saturated rings. The maximum Gasteiger partial charge on any atom is 0.231 e. The van der Waals surface area contributed by atoms with Gasteiger partial charge in [0.15, 0.2) is 5.96 Å². The van der Waals surface area contributed by atoms with Gasteiger partial charge in [0.25, 0.3) is 0 Å². The van der Waals surface area contributed by atoms with E-state index in [2.05, 4.69) is 20.5 Å². The second-order valence-corrected chi connectivity index (χ2v) is 7.62. The fourth-order valence-electron chi connectivity index (χ4n) is 3.65. The fraction of sp³-hybridized carbons (Fsp3) is 0.579. The van der Waals surface area contributed by atoms with Gasteiger partial charge in [-0.05, 0) is 38.3 Å². The number of carbonyl (C=O) groups is 1. The zero-order chi connectivity index (χ0) is 19.4. The number of nitrogens with zero attached hydrogens (tertiary/aromatic N) is 2. The summed E-state index contributed by atoms with van der Waals surface area (Å²) in [7, 11) is 0. The van der Waals surface area contributed by atoms with Gasteiger partial charge in [-0.2, -0.15) is 0 Å². The molecular weight excluding hydrogens is 369 g/mol. The van der Waals surface area contributed by atoms with E-state index in [0.29, 0.717) is 29.7 Å². The Kier molecular flexibility index (Phi) is 6.55. The van der Waals surface area contributed by atoms with Crippen molar-refractivity contribution in [3.05, 3.63) is 34.6 Å². The van der Waals surface area contributed by atoms with E-state index in [0.717, 1.165) is 38.3 Å². The Morgan fingerprint density at radius 1 is 1.37 bits per heavy atom. The smallest absolute Gasteiger partial charge is 0.231 e. The maximum absolute atomic E-state index is 14.1. The minimum Gasteiger partial charge on any atom is -0.369 e. The van der Waals surface area contributed by atoms with Crippen LogP contribution in [0.15, 0.2) is 23.2 Å². The molecule has 1 saturated carbocycles. The standard InChI is InChI=1S/C19H27ClFN5O/c1-2-23-19(24-12-6-8-26(9-7-12)11-17(22)27)25-16-10-13(16)18-14(20)4-3-5-15(18)21/h3-5,12-13,16H,2,6-11H2,1H3,(H2,22,27)(H2,23,24,25). The van der Waals surface area contributed by atoms with Gasteiger partial charge in [0.2, 0.25) is 5.91 Å². The van der Waals surface area contributed by atoms with Crippen LogP contribution in [0.1, 0.15) is 37.7 Å². The first-order valence-electron chi connectivity index (χ1n) is 9.50. The molecule has 0 aromatic heterocycles. The van der Waals surface area contributed by atoms with Crippen molar-refractivity contribution >= 4 is 23.5 Å². The van der Waals surface area contributed by atoms with Crippen LogP contribution in [0, 0.1) is 5.82 Å². The van der Waals surface area contributed by atoms with E-state index in [4.69, 9.17) is 17.3 Å². The normalized spacial score (nSPS) is 23.9. The second-order valence-electron chi connectivity index (χ2n) is 7.21. The average Bonchev–Trinajstić information content (AvgIpc) is 3.35. The highest BCUT2D eigenvalue weighted by molar-refractivity contribution is 6.31. The van der Waals surface area contributed by atoms with Crippen molar-refractivity contribution in [2.75, 3.05) is 26.2 Å². The van der Waals surface area contributed by atoms with Gasteiger partial charge in [0.1, 0.15) is 5.82 Å². The number of halogens is 2. The molecule has 3 rings (SSSR count). The van der Waals surface area contributed by atoms with Gasteiger partial charge in [0.05, 0.1) is 6.54 Å². The zero-order valence-corrected chi connectivity index (χ0v) is 16.3. The Morgan fingerprint density at radius 3 is 2.74 bits per heavy atom. The van der Waals surface area contributed by atoms with Crippen LogP contribution in [-0.4, -0.2) is 55.0 Å². The molecule has 27 heavy (non-hydrogen) atoms. The first-order chi connectivity index (χ1) is 13.0. The number of hydrogen-bond acceptors (Lipinski definition) is 3. The largest absolute Gasteiger partial charge is 0.369 e. The summed E-state index contributed by atoms with van der Waals surface area (Å²) in [6.07, 6.45) is 2.68. The predicted molar refractivity (Wildman–Crippen MR) is 105 cm³/mol. The quantitative estimate of drug-likeness (QED) is 0.507. The molecule has 2 unspecified atom stereocenters. The van der Waals surface area contributed by atoms with Gasteiger partial charge in [-0.1, -0.05) is 17.7 Å². The van der Waals surface area contributed by atoms with E-state index in [1.165, 1.54) is 6.07 Å². The number of carbonyl (C=O) groups excluding carboxylic acids is 1. The number of likely N-dealkylation sites (tertiary alicyclic amines) is 1. The van der Waals surface area contributed by atoms with Crippen LogP contribution in [0.3, 0.4) is 0 Å². The maximum atomic E-state index is 14.1. The molecule has 0 bridgehead atoms. The molecule has 1 aromatic rings. The lowest BCUT2D eigenvalue weighted by molar-refractivity contribution is -0.119. The molecular formula is C19H27ClFN5O. The molecule has 0 radical (unpaired) electrons. The predicted octanol–water partition coefficient (Wildman–Crippen LogP) is 1.84. The molecule has 1 amide bonds.